The largest absolute Gasteiger partial charge is 0.416 e. The molecule has 0 aliphatic carbocycles. The van der Waals surface area contributed by atoms with Crippen molar-refractivity contribution in [1.29, 1.82) is 0 Å². The van der Waals surface area contributed by atoms with Crippen LogP contribution in [-0.4, -0.2) is 6.50 Å². The number of hydrogen-bond acceptors (Lipinski definition) is 1. The normalized spacial score (nSPS) is 20.7. The van der Waals surface area contributed by atoms with Crippen LogP contribution >= 0.6 is 0 Å². The minimum absolute atomic E-state index is 0.185. The molecule has 3 aromatic carbocycles. The summed E-state index contributed by atoms with van der Waals surface area (Å²) in [5.74, 6) is 0. The Balaban J connectivity index is 2.05. The maximum absolute atomic E-state index is 13.4. The van der Waals surface area contributed by atoms with Gasteiger partial charge in [0, 0.05) is 8.78 Å². The van der Waals surface area contributed by atoms with Crippen molar-refractivity contribution in [2.75, 3.05) is 6.50 Å². The Morgan fingerprint density at radius 1 is 1.04 bits per heavy atom. The van der Waals surface area contributed by atoms with E-state index in [0.29, 0.717) is 0 Å². The second kappa shape index (κ2) is 7.92. The lowest BCUT2D eigenvalue weighted by atomic mass is 9.99. The van der Waals surface area contributed by atoms with E-state index in [1.54, 1.807) is 0 Å². The summed E-state index contributed by atoms with van der Waals surface area (Å²) >= 11 is 0. The van der Waals surface area contributed by atoms with Gasteiger partial charge in [0.05, 0.1) is 20.6 Å². The summed E-state index contributed by atoms with van der Waals surface area (Å²) in [6, 6.07) is -9.88. The van der Waals surface area contributed by atoms with E-state index in [1.807, 2.05) is 0 Å². The third kappa shape index (κ3) is 4.44. The Kier molecular flexibility index (Phi) is 2.48. The molecular weight excluding hydrogens is 335 g/mol. The molecule has 3 aromatic rings. The summed E-state index contributed by atoms with van der Waals surface area (Å²) < 4.78 is 145. The summed E-state index contributed by atoms with van der Waals surface area (Å²) in [6.45, 7) is -1.09. The molecule has 0 amide bonds. The molecule has 1 nitrogen and oxygen atoms in total. The number of benzene rings is 3. The Morgan fingerprint density at radius 2 is 1.77 bits per heavy atom. The summed E-state index contributed by atoms with van der Waals surface area (Å²) in [5, 5.41) is 1.94. The lowest BCUT2D eigenvalue weighted by molar-refractivity contribution is -0.137. The smallest absolute Gasteiger partial charge is 0.310 e. The first-order chi connectivity index (χ1) is 17.7. The predicted octanol–water partition coefficient (Wildman–Crippen LogP) is 6.14. The van der Waals surface area contributed by atoms with Crippen LogP contribution in [0.15, 0.2) is 66.5 Å². The van der Waals surface area contributed by atoms with Crippen molar-refractivity contribution in [1.82, 2.24) is 5.32 Å². The number of alkyl halides is 3. The maximum atomic E-state index is 13.4. The van der Waals surface area contributed by atoms with Gasteiger partial charge < -0.3 is 5.32 Å². The summed E-state index contributed by atoms with van der Waals surface area (Å²) in [7, 11) is 0. The molecule has 136 valence electrons. The third-order valence-electron chi connectivity index (χ3n) is 3.55. The van der Waals surface area contributed by atoms with E-state index >= 15 is 0 Å². The van der Waals surface area contributed by atoms with E-state index in [9.17, 15) is 13.2 Å². The third-order valence-corrected chi connectivity index (χ3v) is 3.55. The monoisotopic (exact) mass is 370 g/mol. The van der Waals surface area contributed by atoms with Gasteiger partial charge in [0.15, 0.2) is 0 Å². The highest BCUT2D eigenvalue weighted by Crippen LogP contribution is 2.29. The van der Waals surface area contributed by atoms with E-state index in [2.05, 4.69) is 5.32 Å². The zero-order valence-electron chi connectivity index (χ0n) is 26.6. The van der Waals surface area contributed by atoms with Crippen LogP contribution in [0.1, 0.15) is 53.9 Å². The van der Waals surface area contributed by atoms with Crippen LogP contribution in [0, 0.1) is 0 Å². The van der Waals surface area contributed by atoms with Gasteiger partial charge in [-0.1, -0.05) is 60.4 Å². The minimum atomic E-state index is -5.14. The van der Waals surface area contributed by atoms with Crippen molar-refractivity contribution in [3.63, 3.8) is 0 Å². The highest BCUT2D eigenvalue weighted by molar-refractivity contribution is 5.86. The van der Waals surface area contributed by atoms with E-state index in [4.69, 9.17) is 17.8 Å². The first-order valence-electron chi connectivity index (χ1n) is 14.2. The first-order valence-corrected chi connectivity index (χ1v) is 7.68. The zero-order chi connectivity index (χ0) is 29.9. The van der Waals surface area contributed by atoms with Crippen LogP contribution in [0.4, 0.5) is 13.2 Å². The Morgan fingerprint density at radius 3 is 2.58 bits per heavy atom. The molecule has 0 fully saturated rings. The molecule has 0 unspecified atom stereocenters. The SMILES string of the molecule is [2H]c1c([2H])c(CCC([2H])([2H])N[C@H](C)c2c([2H])c([2H])c([2H])c3c([2H])c([2H])c([2H])c([2H])c23)c([2H])c(C(F)(F)F)c1[2H]. The molecule has 0 saturated carbocycles. The molecule has 0 saturated heterocycles. The van der Waals surface area contributed by atoms with Gasteiger partial charge in [0.25, 0.3) is 0 Å². The second-order valence-corrected chi connectivity index (χ2v) is 5.43. The Hall–Kier alpha value is -2.33. The molecule has 1 N–H and O–H groups in total. The summed E-state index contributed by atoms with van der Waals surface area (Å²) in [5.41, 5.74) is -2.46. The molecule has 3 rings (SSSR count). The van der Waals surface area contributed by atoms with Gasteiger partial charge >= 0.3 is 6.18 Å². The van der Waals surface area contributed by atoms with Crippen LogP contribution in [0.2, 0.25) is 0 Å². The number of nitrogens with one attached hydrogen (secondary N) is 1. The molecular formula is C22H22F3N. The number of rotatable bonds is 6. The van der Waals surface area contributed by atoms with Crippen molar-refractivity contribution >= 4 is 10.8 Å². The molecule has 0 aliphatic rings. The van der Waals surface area contributed by atoms with Gasteiger partial charge in [-0.3, -0.25) is 0 Å². The summed E-state index contributed by atoms with van der Waals surface area (Å²) in [4.78, 5) is 0. The molecule has 26 heavy (non-hydrogen) atoms. The van der Waals surface area contributed by atoms with Crippen LogP contribution in [0.5, 0.6) is 0 Å². The minimum Gasteiger partial charge on any atom is -0.310 e. The quantitative estimate of drug-likeness (QED) is 0.549. The number of halogens is 3. The second-order valence-electron chi connectivity index (χ2n) is 5.43. The van der Waals surface area contributed by atoms with Crippen LogP contribution in [0.3, 0.4) is 0 Å². The van der Waals surface area contributed by atoms with Crippen LogP contribution < -0.4 is 5.32 Å². The Labute approximate surface area is 170 Å². The van der Waals surface area contributed by atoms with Gasteiger partial charge in [-0.05, 0) is 54.2 Å². The number of hydrogen-bond donors (Lipinski definition) is 1. The van der Waals surface area contributed by atoms with Gasteiger partial charge in [0.1, 0.15) is 0 Å². The Bertz CT molecular complexity index is 1480. The fourth-order valence-electron chi connectivity index (χ4n) is 2.29. The van der Waals surface area contributed by atoms with Crippen molar-refractivity contribution in [2.24, 2.45) is 0 Å². The molecule has 4 heteroatoms. The van der Waals surface area contributed by atoms with E-state index in [0.717, 1.165) is 0 Å². The van der Waals surface area contributed by atoms with Gasteiger partial charge in [-0.15, -0.1) is 0 Å². The predicted molar refractivity (Wildman–Crippen MR) is 100 cm³/mol. The lowest BCUT2D eigenvalue weighted by Crippen LogP contribution is -2.20. The topological polar surface area (TPSA) is 12.0 Å². The van der Waals surface area contributed by atoms with Gasteiger partial charge in [-0.2, -0.15) is 13.2 Å². The fraction of sp³-hybridized carbons (Fsp3) is 0.273. The molecule has 0 aromatic heterocycles. The van der Waals surface area contributed by atoms with Crippen LogP contribution in [-0.2, 0) is 12.6 Å². The highest BCUT2D eigenvalue weighted by atomic mass is 19.4. The zero-order valence-corrected chi connectivity index (χ0v) is 13.6. The summed E-state index contributed by atoms with van der Waals surface area (Å²) in [6.07, 6.45) is -6.35. The van der Waals surface area contributed by atoms with Gasteiger partial charge in [-0.25, -0.2) is 0 Å². The number of fused-ring (bicyclic) bond motifs is 1. The van der Waals surface area contributed by atoms with Crippen molar-refractivity contribution in [2.45, 2.75) is 32.0 Å². The molecule has 1 atom stereocenters. The maximum Gasteiger partial charge on any atom is 0.416 e. The van der Waals surface area contributed by atoms with Crippen molar-refractivity contribution < 1.29 is 31.0 Å². The molecule has 0 heterocycles. The first kappa shape index (κ1) is 8.13. The highest BCUT2D eigenvalue weighted by Gasteiger charge is 2.30. The molecule has 0 aliphatic heterocycles. The van der Waals surface area contributed by atoms with Crippen molar-refractivity contribution in [3.05, 3.63) is 83.2 Å². The van der Waals surface area contributed by atoms with E-state index in [-0.39, 0.29) is 16.3 Å². The molecule has 0 radical (unpaired) electrons. The fourth-order valence-corrected chi connectivity index (χ4v) is 2.29. The average molecular weight is 370 g/mol. The molecule has 0 bridgehead atoms. The van der Waals surface area contributed by atoms with E-state index < -0.39 is 109 Å². The van der Waals surface area contributed by atoms with Gasteiger partial charge in [0.2, 0.25) is 0 Å². The van der Waals surface area contributed by atoms with Crippen molar-refractivity contribution in [3.8, 4) is 0 Å². The average Bonchev–Trinajstić information content (AvgIpc) is 2.81. The standard InChI is InChI=1S/C22H22F3N/c1-16(20-13-5-10-18-9-2-3-12-21(18)20)26-14-6-8-17-7-4-11-19(15-17)22(23,24)25/h2-5,7,9-13,15-16,26H,6,8,14H2,1H3/t16-/m1/s1/i2D,3D,4D,5D,7D,9D,10D,11D,12D,13D,14D2,15D. The molecule has 0 spiro atoms. The van der Waals surface area contributed by atoms with Crippen LogP contribution in [0.25, 0.3) is 10.8 Å². The lowest BCUT2D eigenvalue weighted by Gasteiger charge is -2.17. The van der Waals surface area contributed by atoms with E-state index in [1.165, 1.54) is 6.92 Å².